The molecule has 0 aromatic heterocycles. The molecule has 3 heteroatoms. The Kier molecular flexibility index (Phi) is 5.58. The summed E-state index contributed by atoms with van der Waals surface area (Å²) in [5.41, 5.74) is 9.89. The van der Waals surface area contributed by atoms with Gasteiger partial charge in [0.05, 0.1) is 0 Å². The Morgan fingerprint density at radius 1 is 1.10 bits per heavy atom. The lowest BCUT2D eigenvalue weighted by molar-refractivity contribution is 0.211. The first-order valence-electron chi connectivity index (χ1n) is 7.85. The maximum absolute atomic E-state index is 5.67. The Labute approximate surface area is 123 Å². The van der Waals surface area contributed by atoms with E-state index in [1.54, 1.807) is 0 Å². The molecule has 1 aromatic rings. The zero-order chi connectivity index (χ0) is 14.5. The van der Waals surface area contributed by atoms with E-state index in [0.717, 1.165) is 26.2 Å². The number of hydrogen-bond donors (Lipinski definition) is 1. The van der Waals surface area contributed by atoms with Crippen molar-refractivity contribution in [1.29, 1.82) is 0 Å². The fourth-order valence-corrected chi connectivity index (χ4v) is 3.02. The summed E-state index contributed by atoms with van der Waals surface area (Å²) in [6, 6.07) is 7.39. The van der Waals surface area contributed by atoms with Gasteiger partial charge in [0.1, 0.15) is 0 Å². The van der Waals surface area contributed by atoms with Crippen LogP contribution >= 0.6 is 0 Å². The third-order valence-electron chi connectivity index (χ3n) is 4.63. The van der Waals surface area contributed by atoms with Gasteiger partial charge in [-0.3, -0.25) is 4.90 Å². The molecule has 20 heavy (non-hydrogen) atoms. The van der Waals surface area contributed by atoms with E-state index in [1.807, 2.05) is 0 Å². The lowest BCUT2D eigenvalue weighted by Gasteiger charge is -2.28. The van der Waals surface area contributed by atoms with E-state index >= 15 is 0 Å². The zero-order valence-corrected chi connectivity index (χ0v) is 13.2. The molecule has 1 unspecified atom stereocenters. The molecule has 0 spiro atoms. The number of nitrogens with zero attached hydrogens (tertiary/aromatic N) is 2. The molecule has 1 heterocycles. The van der Waals surface area contributed by atoms with Gasteiger partial charge in [-0.05, 0) is 50.4 Å². The summed E-state index contributed by atoms with van der Waals surface area (Å²) in [5.74, 6) is 0. The predicted octanol–water partition coefficient (Wildman–Crippen LogP) is 2.33. The second-order valence-electron chi connectivity index (χ2n) is 6.04. The van der Waals surface area contributed by atoms with E-state index in [4.69, 9.17) is 5.73 Å². The molecule has 1 saturated heterocycles. The molecule has 0 aliphatic carbocycles. The highest BCUT2D eigenvalue weighted by Crippen LogP contribution is 2.23. The van der Waals surface area contributed by atoms with Crippen molar-refractivity contribution < 1.29 is 0 Å². The van der Waals surface area contributed by atoms with Crippen LogP contribution in [0.25, 0.3) is 0 Å². The van der Waals surface area contributed by atoms with Crippen LogP contribution in [0, 0.1) is 13.8 Å². The van der Waals surface area contributed by atoms with Gasteiger partial charge in [0, 0.05) is 38.8 Å². The molecule has 1 aliphatic rings. The van der Waals surface area contributed by atoms with Crippen LogP contribution < -0.4 is 5.73 Å². The lowest BCUT2D eigenvalue weighted by Crippen LogP contribution is -2.34. The van der Waals surface area contributed by atoms with Gasteiger partial charge in [-0.1, -0.05) is 18.2 Å². The average molecular weight is 275 g/mol. The Bertz CT molecular complexity index is 430. The van der Waals surface area contributed by atoms with Crippen LogP contribution in [0.3, 0.4) is 0 Å². The third kappa shape index (κ3) is 3.81. The maximum atomic E-state index is 5.67. The van der Waals surface area contributed by atoms with Crippen molar-refractivity contribution in [3.8, 4) is 0 Å². The first-order valence-corrected chi connectivity index (χ1v) is 7.85. The molecule has 1 aliphatic heterocycles. The summed E-state index contributed by atoms with van der Waals surface area (Å²) < 4.78 is 0. The van der Waals surface area contributed by atoms with Crippen LogP contribution in [0.1, 0.15) is 36.1 Å². The summed E-state index contributed by atoms with van der Waals surface area (Å²) in [5, 5.41) is 0. The first-order chi connectivity index (χ1) is 9.61. The molecule has 0 bridgehead atoms. The molecule has 112 valence electrons. The predicted molar refractivity (Wildman–Crippen MR) is 86.0 cm³/mol. The van der Waals surface area contributed by atoms with Gasteiger partial charge in [-0.25, -0.2) is 0 Å². The Balaban J connectivity index is 2.01. The van der Waals surface area contributed by atoms with Gasteiger partial charge in [-0.15, -0.1) is 0 Å². The highest BCUT2D eigenvalue weighted by Gasteiger charge is 2.20. The number of nitrogens with two attached hydrogens (primary N) is 1. The summed E-state index contributed by atoms with van der Waals surface area (Å²) in [6.45, 7) is 13.2. The molecular weight excluding hydrogens is 246 g/mol. The van der Waals surface area contributed by atoms with Gasteiger partial charge in [0.2, 0.25) is 0 Å². The SMILES string of the molecule is Cc1ccc(C(C)N2CCCN(CCN)CC2)cc1C. The van der Waals surface area contributed by atoms with Crippen LogP contribution in [0.5, 0.6) is 0 Å². The molecule has 1 aromatic carbocycles. The fraction of sp³-hybridized carbons (Fsp3) is 0.647. The smallest absolute Gasteiger partial charge is 0.0320 e. The van der Waals surface area contributed by atoms with Crippen LogP contribution in [-0.2, 0) is 0 Å². The Morgan fingerprint density at radius 3 is 2.60 bits per heavy atom. The van der Waals surface area contributed by atoms with Crippen LogP contribution in [0.4, 0.5) is 0 Å². The molecule has 3 nitrogen and oxygen atoms in total. The van der Waals surface area contributed by atoms with Crippen LogP contribution in [0.15, 0.2) is 18.2 Å². The van der Waals surface area contributed by atoms with Crippen molar-refractivity contribution in [2.45, 2.75) is 33.2 Å². The number of hydrogen-bond acceptors (Lipinski definition) is 3. The summed E-state index contributed by atoms with van der Waals surface area (Å²) in [6.07, 6.45) is 1.25. The topological polar surface area (TPSA) is 32.5 Å². The highest BCUT2D eigenvalue weighted by atomic mass is 15.2. The van der Waals surface area contributed by atoms with E-state index in [0.29, 0.717) is 6.04 Å². The van der Waals surface area contributed by atoms with E-state index in [-0.39, 0.29) is 0 Å². The summed E-state index contributed by atoms with van der Waals surface area (Å²) in [7, 11) is 0. The van der Waals surface area contributed by atoms with Gasteiger partial charge in [0.25, 0.3) is 0 Å². The molecule has 2 N–H and O–H groups in total. The van der Waals surface area contributed by atoms with Gasteiger partial charge >= 0.3 is 0 Å². The molecule has 2 rings (SSSR count). The number of aryl methyl sites for hydroxylation is 2. The second-order valence-corrected chi connectivity index (χ2v) is 6.04. The Hall–Kier alpha value is -0.900. The number of rotatable bonds is 4. The van der Waals surface area contributed by atoms with Crippen molar-refractivity contribution in [3.05, 3.63) is 34.9 Å². The minimum Gasteiger partial charge on any atom is -0.329 e. The molecule has 0 saturated carbocycles. The van der Waals surface area contributed by atoms with Crippen molar-refractivity contribution in [1.82, 2.24) is 9.80 Å². The van der Waals surface area contributed by atoms with Gasteiger partial charge < -0.3 is 10.6 Å². The largest absolute Gasteiger partial charge is 0.329 e. The molecule has 0 radical (unpaired) electrons. The van der Waals surface area contributed by atoms with Crippen LogP contribution in [-0.4, -0.2) is 49.1 Å². The van der Waals surface area contributed by atoms with Crippen molar-refractivity contribution >= 4 is 0 Å². The molecule has 0 amide bonds. The monoisotopic (exact) mass is 275 g/mol. The highest BCUT2D eigenvalue weighted by molar-refractivity contribution is 5.31. The Morgan fingerprint density at radius 2 is 1.90 bits per heavy atom. The normalized spacial score (nSPS) is 19.8. The van der Waals surface area contributed by atoms with Crippen molar-refractivity contribution in [2.24, 2.45) is 5.73 Å². The summed E-state index contributed by atoms with van der Waals surface area (Å²) >= 11 is 0. The summed E-state index contributed by atoms with van der Waals surface area (Å²) in [4.78, 5) is 5.10. The maximum Gasteiger partial charge on any atom is 0.0320 e. The molecule has 1 atom stereocenters. The first kappa shape index (κ1) is 15.5. The fourth-order valence-electron chi connectivity index (χ4n) is 3.02. The molecular formula is C17H29N3. The van der Waals surface area contributed by atoms with E-state index < -0.39 is 0 Å². The minimum atomic E-state index is 0.507. The van der Waals surface area contributed by atoms with Crippen molar-refractivity contribution in [2.75, 3.05) is 39.3 Å². The average Bonchev–Trinajstić information content (AvgIpc) is 2.67. The van der Waals surface area contributed by atoms with E-state index in [2.05, 4.69) is 48.8 Å². The standard InChI is InChI=1S/C17H29N3/c1-14-5-6-17(13-15(14)2)16(3)20-9-4-8-19(10-7-18)11-12-20/h5-6,13,16H,4,7-12,18H2,1-3H3. The number of benzene rings is 1. The molecule has 1 fully saturated rings. The van der Waals surface area contributed by atoms with Gasteiger partial charge in [-0.2, -0.15) is 0 Å². The van der Waals surface area contributed by atoms with E-state index in [9.17, 15) is 0 Å². The van der Waals surface area contributed by atoms with E-state index in [1.165, 1.54) is 36.2 Å². The minimum absolute atomic E-state index is 0.507. The van der Waals surface area contributed by atoms with Gasteiger partial charge in [0.15, 0.2) is 0 Å². The van der Waals surface area contributed by atoms with Crippen LogP contribution in [0.2, 0.25) is 0 Å². The van der Waals surface area contributed by atoms with Crippen molar-refractivity contribution in [3.63, 3.8) is 0 Å². The lowest BCUT2D eigenvalue weighted by atomic mass is 10.0. The third-order valence-corrected chi connectivity index (χ3v) is 4.63. The zero-order valence-electron chi connectivity index (χ0n) is 13.2. The quantitative estimate of drug-likeness (QED) is 0.915. The second kappa shape index (κ2) is 7.21.